The SMILES string of the molecule is CC(=O)c1cc(N2CCCCC2CCO)ccc1N. The van der Waals surface area contributed by atoms with E-state index in [1.807, 2.05) is 12.1 Å². The van der Waals surface area contributed by atoms with Crippen LogP contribution in [0.1, 0.15) is 43.0 Å². The van der Waals surface area contributed by atoms with Crippen LogP contribution in [0, 0.1) is 0 Å². The van der Waals surface area contributed by atoms with Crippen molar-refractivity contribution in [2.24, 2.45) is 0 Å². The van der Waals surface area contributed by atoms with Crippen molar-refractivity contribution in [3.8, 4) is 0 Å². The lowest BCUT2D eigenvalue weighted by Crippen LogP contribution is -2.40. The molecule has 1 aromatic carbocycles. The molecule has 1 fully saturated rings. The number of aliphatic hydroxyl groups is 1. The normalized spacial score (nSPS) is 19.5. The van der Waals surface area contributed by atoms with Crippen LogP contribution in [0.25, 0.3) is 0 Å². The minimum atomic E-state index is -0.00457. The predicted molar refractivity (Wildman–Crippen MR) is 77.5 cm³/mol. The molecule has 0 saturated carbocycles. The van der Waals surface area contributed by atoms with Gasteiger partial charge in [-0.3, -0.25) is 4.79 Å². The van der Waals surface area contributed by atoms with Crippen LogP contribution in [-0.2, 0) is 0 Å². The topological polar surface area (TPSA) is 66.6 Å². The third-order valence-corrected chi connectivity index (χ3v) is 3.84. The van der Waals surface area contributed by atoms with E-state index in [0.29, 0.717) is 17.3 Å². The summed E-state index contributed by atoms with van der Waals surface area (Å²) in [5, 5.41) is 9.17. The first-order valence-electron chi connectivity index (χ1n) is 6.91. The monoisotopic (exact) mass is 262 g/mol. The standard InChI is InChI=1S/C15H22N2O2/c1-11(19)14-10-13(5-6-15(14)16)17-8-3-2-4-12(17)7-9-18/h5-6,10,12,18H,2-4,7-9,16H2,1H3. The predicted octanol–water partition coefficient (Wildman–Crippen LogP) is 2.21. The molecule has 4 nitrogen and oxygen atoms in total. The third-order valence-electron chi connectivity index (χ3n) is 3.84. The van der Waals surface area contributed by atoms with E-state index in [1.54, 1.807) is 6.07 Å². The number of nitrogen functional groups attached to an aromatic ring is 1. The van der Waals surface area contributed by atoms with E-state index >= 15 is 0 Å². The first-order chi connectivity index (χ1) is 9.13. The molecule has 19 heavy (non-hydrogen) atoms. The second kappa shape index (κ2) is 6.06. The Morgan fingerprint density at radius 3 is 2.95 bits per heavy atom. The van der Waals surface area contributed by atoms with Gasteiger partial charge < -0.3 is 15.7 Å². The number of piperidine rings is 1. The first-order valence-corrected chi connectivity index (χ1v) is 6.91. The van der Waals surface area contributed by atoms with E-state index in [1.165, 1.54) is 13.3 Å². The molecule has 0 spiro atoms. The van der Waals surface area contributed by atoms with Gasteiger partial charge in [0, 0.05) is 36.1 Å². The molecule has 104 valence electrons. The van der Waals surface area contributed by atoms with Crippen LogP contribution in [0.2, 0.25) is 0 Å². The van der Waals surface area contributed by atoms with E-state index < -0.39 is 0 Å². The van der Waals surface area contributed by atoms with Crippen LogP contribution in [0.5, 0.6) is 0 Å². The van der Waals surface area contributed by atoms with Crippen LogP contribution in [0.4, 0.5) is 11.4 Å². The zero-order chi connectivity index (χ0) is 13.8. The number of ketones is 1. The average molecular weight is 262 g/mol. The fourth-order valence-corrected chi connectivity index (χ4v) is 2.82. The van der Waals surface area contributed by atoms with Crippen molar-refractivity contribution in [2.75, 3.05) is 23.8 Å². The zero-order valence-electron chi connectivity index (χ0n) is 11.4. The Morgan fingerprint density at radius 1 is 1.47 bits per heavy atom. The minimum Gasteiger partial charge on any atom is -0.398 e. The molecule has 1 aliphatic rings. The van der Waals surface area contributed by atoms with Gasteiger partial charge in [0.05, 0.1) is 0 Å². The molecule has 1 atom stereocenters. The Balaban J connectivity index is 2.28. The zero-order valence-corrected chi connectivity index (χ0v) is 11.4. The summed E-state index contributed by atoms with van der Waals surface area (Å²) in [4.78, 5) is 13.9. The average Bonchev–Trinajstić information content (AvgIpc) is 2.40. The van der Waals surface area contributed by atoms with Gasteiger partial charge in [-0.15, -0.1) is 0 Å². The molecule has 0 aliphatic carbocycles. The maximum absolute atomic E-state index is 11.6. The molecule has 0 radical (unpaired) electrons. The van der Waals surface area contributed by atoms with Crippen molar-refractivity contribution in [3.05, 3.63) is 23.8 Å². The highest BCUT2D eigenvalue weighted by molar-refractivity contribution is 6.00. The summed E-state index contributed by atoms with van der Waals surface area (Å²) in [7, 11) is 0. The Labute approximate surface area is 114 Å². The molecule has 3 N–H and O–H groups in total. The molecule has 1 saturated heterocycles. The van der Waals surface area contributed by atoms with E-state index in [4.69, 9.17) is 10.8 Å². The second-order valence-electron chi connectivity index (χ2n) is 5.18. The number of anilines is 2. The molecule has 4 heteroatoms. The number of nitrogens with two attached hydrogens (primary N) is 1. The number of nitrogens with zero attached hydrogens (tertiary/aromatic N) is 1. The summed E-state index contributed by atoms with van der Waals surface area (Å²) in [5.41, 5.74) is 8.00. The fraction of sp³-hybridized carbons (Fsp3) is 0.533. The number of rotatable bonds is 4. The van der Waals surface area contributed by atoms with E-state index in [2.05, 4.69) is 4.90 Å². The lowest BCUT2D eigenvalue weighted by Gasteiger charge is -2.37. The highest BCUT2D eigenvalue weighted by Crippen LogP contribution is 2.29. The lowest BCUT2D eigenvalue weighted by atomic mass is 9.98. The lowest BCUT2D eigenvalue weighted by molar-refractivity contribution is 0.101. The maximum Gasteiger partial charge on any atom is 0.161 e. The molecule has 1 aromatic rings. The summed E-state index contributed by atoms with van der Waals surface area (Å²) in [6.45, 7) is 2.72. The molecular formula is C15H22N2O2. The largest absolute Gasteiger partial charge is 0.398 e. The summed E-state index contributed by atoms with van der Waals surface area (Å²) in [6.07, 6.45) is 4.23. The highest BCUT2D eigenvalue weighted by atomic mass is 16.3. The van der Waals surface area contributed by atoms with Crippen molar-refractivity contribution < 1.29 is 9.90 Å². The van der Waals surface area contributed by atoms with Crippen LogP contribution < -0.4 is 10.6 Å². The smallest absolute Gasteiger partial charge is 0.161 e. The van der Waals surface area contributed by atoms with Gasteiger partial charge in [0.25, 0.3) is 0 Å². The Kier molecular flexibility index (Phi) is 4.43. The fourth-order valence-electron chi connectivity index (χ4n) is 2.82. The number of hydrogen-bond acceptors (Lipinski definition) is 4. The highest BCUT2D eigenvalue weighted by Gasteiger charge is 2.22. The molecular weight excluding hydrogens is 240 g/mol. The van der Waals surface area contributed by atoms with Gasteiger partial charge in [-0.1, -0.05) is 0 Å². The third kappa shape index (κ3) is 3.07. The van der Waals surface area contributed by atoms with Crippen LogP contribution in [-0.4, -0.2) is 30.1 Å². The Hall–Kier alpha value is -1.55. The van der Waals surface area contributed by atoms with E-state index in [0.717, 1.165) is 31.5 Å². The molecule has 1 heterocycles. The van der Waals surface area contributed by atoms with Crippen LogP contribution >= 0.6 is 0 Å². The number of hydrogen-bond donors (Lipinski definition) is 2. The molecule has 0 aromatic heterocycles. The Bertz CT molecular complexity index is 457. The molecule has 1 aliphatic heterocycles. The van der Waals surface area contributed by atoms with Gasteiger partial charge in [0.15, 0.2) is 5.78 Å². The Morgan fingerprint density at radius 2 is 2.26 bits per heavy atom. The number of benzene rings is 1. The summed E-state index contributed by atoms with van der Waals surface area (Å²) in [5.74, 6) is -0.00457. The van der Waals surface area contributed by atoms with Crippen molar-refractivity contribution in [1.82, 2.24) is 0 Å². The summed E-state index contributed by atoms with van der Waals surface area (Å²) < 4.78 is 0. The summed E-state index contributed by atoms with van der Waals surface area (Å²) >= 11 is 0. The van der Waals surface area contributed by atoms with Crippen molar-refractivity contribution >= 4 is 17.2 Å². The molecule has 0 amide bonds. The number of carbonyl (C=O) groups excluding carboxylic acids is 1. The van der Waals surface area contributed by atoms with Gasteiger partial charge in [-0.2, -0.15) is 0 Å². The van der Waals surface area contributed by atoms with Gasteiger partial charge in [-0.25, -0.2) is 0 Å². The van der Waals surface area contributed by atoms with Crippen molar-refractivity contribution in [1.29, 1.82) is 0 Å². The van der Waals surface area contributed by atoms with Crippen LogP contribution in [0.15, 0.2) is 18.2 Å². The number of aliphatic hydroxyl groups excluding tert-OH is 1. The van der Waals surface area contributed by atoms with E-state index in [-0.39, 0.29) is 12.4 Å². The second-order valence-corrected chi connectivity index (χ2v) is 5.18. The molecule has 2 rings (SSSR count). The minimum absolute atomic E-state index is 0.00457. The van der Waals surface area contributed by atoms with E-state index in [9.17, 15) is 4.79 Å². The van der Waals surface area contributed by atoms with Crippen LogP contribution in [0.3, 0.4) is 0 Å². The van der Waals surface area contributed by atoms with Gasteiger partial charge in [0.1, 0.15) is 0 Å². The van der Waals surface area contributed by atoms with Gasteiger partial charge in [-0.05, 0) is 50.8 Å². The van der Waals surface area contributed by atoms with Crippen molar-refractivity contribution in [3.63, 3.8) is 0 Å². The molecule has 0 bridgehead atoms. The first kappa shape index (κ1) is 13.9. The quantitative estimate of drug-likeness (QED) is 0.645. The maximum atomic E-state index is 11.6. The number of Topliss-reactive ketones (excluding diaryl/α,β-unsaturated/α-hetero) is 1. The molecule has 1 unspecified atom stereocenters. The van der Waals surface area contributed by atoms with Gasteiger partial charge >= 0.3 is 0 Å². The summed E-state index contributed by atoms with van der Waals surface area (Å²) in [6, 6.07) is 6.02. The van der Waals surface area contributed by atoms with Gasteiger partial charge in [0.2, 0.25) is 0 Å². The van der Waals surface area contributed by atoms with Crippen molar-refractivity contribution in [2.45, 2.75) is 38.6 Å². The number of carbonyl (C=O) groups is 1.